The topological polar surface area (TPSA) is 77.2 Å². The van der Waals surface area contributed by atoms with Crippen molar-refractivity contribution in [3.05, 3.63) is 62.7 Å². The number of carbonyl (C=O) groups excluding carboxylic acids is 1. The first-order chi connectivity index (χ1) is 10.3. The van der Waals surface area contributed by atoms with E-state index in [4.69, 9.17) is 5.73 Å². The zero-order valence-electron chi connectivity index (χ0n) is 12.0. The summed E-state index contributed by atoms with van der Waals surface area (Å²) < 4.78 is 24.6. The van der Waals surface area contributed by atoms with Gasteiger partial charge in [0.05, 0.1) is 10.6 Å². The molecule has 0 aliphatic carbocycles. The molecule has 6 heteroatoms. The number of benzene rings is 2. The van der Waals surface area contributed by atoms with Crippen molar-refractivity contribution >= 4 is 38.3 Å². The lowest BCUT2D eigenvalue weighted by atomic mass is 9.99. The van der Waals surface area contributed by atoms with Crippen LogP contribution < -0.4 is 5.73 Å². The third-order valence-electron chi connectivity index (χ3n) is 3.39. The van der Waals surface area contributed by atoms with Crippen LogP contribution in [0.5, 0.6) is 0 Å². The number of carbonyl (C=O) groups is 1. The maximum Gasteiger partial charge on any atom is 0.248 e. The van der Waals surface area contributed by atoms with E-state index in [9.17, 15) is 13.2 Å². The highest BCUT2D eigenvalue weighted by Crippen LogP contribution is 2.19. The number of halogens is 1. The molecule has 0 radical (unpaired) electrons. The molecule has 0 atom stereocenters. The van der Waals surface area contributed by atoms with Crippen molar-refractivity contribution in [3.8, 4) is 0 Å². The van der Waals surface area contributed by atoms with E-state index < -0.39 is 15.7 Å². The Morgan fingerprint density at radius 2 is 1.77 bits per heavy atom. The van der Waals surface area contributed by atoms with Crippen LogP contribution in [0.25, 0.3) is 0 Å². The van der Waals surface area contributed by atoms with Gasteiger partial charge in [0, 0.05) is 9.13 Å². The Morgan fingerprint density at radius 1 is 1.14 bits per heavy atom. The average Bonchev–Trinajstić information content (AvgIpc) is 2.47. The number of hydrogen-bond donors (Lipinski definition) is 1. The Labute approximate surface area is 143 Å². The van der Waals surface area contributed by atoms with Gasteiger partial charge in [0.15, 0.2) is 9.84 Å². The molecule has 0 bridgehead atoms. The molecule has 0 saturated heterocycles. The number of nitrogens with two attached hydrogens (primary N) is 1. The van der Waals surface area contributed by atoms with Gasteiger partial charge < -0.3 is 5.73 Å². The standard InChI is InChI=1S/C16H16INO3S/c1-2-22(20,21)14-6-3-11(4-7-14)9-12-10-13(17)5-8-15(12)16(18)19/h3-8,10H,2,9H2,1H3,(H2,18,19). The highest BCUT2D eigenvalue weighted by Gasteiger charge is 2.12. The Kier molecular flexibility index (Phi) is 5.23. The zero-order chi connectivity index (χ0) is 16.3. The van der Waals surface area contributed by atoms with Gasteiger partial charge in [-0.2, -0.15) is 0 Å². The number of rotatable bonds is 5. The van der Waals surface area contributed by atoms with Crippen LogP contribution in [0, 0.1) is 3.57 Å². The molecule has 2 aromatic rings. The minimum atomic E-state index is -3.19. The molecule has 0 spiro atoms. The van der Waals surface area contributed by atoms with Gasteiger partial charge in [-0.25, -0.2) is 8.42 Å². The Hall–Kier alpha value is -1.41. The molecule has 0 aliphatic heterocycles. The van der Waals surface area contributed by atoms with Crippen molar-refractivity contribution in [1.29, 1.82) is 0 Å². The van der Waals surface area contributed by atoms with Gasteiger partial charge in [-0.3, -0.25) is 4.79 Å². The van der Waals surface area contributed by atoms with Crippen molar-refractivity contribution in [2.45, 2.75) is 18.2 Å². The Balaban J connectivity index is 2.32. The van der Waals surface area contributed by atoms with E-state index in [0.717, 1.165) is 14.7 Å². The molecule has 0 heterocycles. The molecule has 0 fully saturated rings. The maximum atomic E-state index is 11.8. The van der Waals surface area contributed by atoms with Gasteiger partial charge >= 0.3 is 0 Å². The SMILES string of the molecule is CCS(=O)(=O)c1ccc(Cc2cc(I)ccc2C(N)=O)cc1. The van der Waals surface area contributed by atoms with E-state index in [1.807, 2.05) is 12.1 Å². The quantitative estimate of drug-likeness (QED) is 0.743. The molecule has 0 aromatic heterocycles. The fourth-order valence-corrected chi connectivity index (χ4v) is 3.59. The maximum absolute atomic E-state index is 11.8. The number of sulfone groups is 1. The van der Waals surface area contributed by atoms with Crippen LogP contribution in [0.2, 0.25) is 0 Å². The summed E-state index contributed by atoms with van der Waals surface area (Å²) in [6.07, 6.45) is 0.529. The summed E-state index contributed by atoms with van der Waals surface area (Å²) in [7, 11) is -3.19. The monoisotopic (exact) mass is 429 g/mol. The van der Waals surface area contributed by atoms with Crippen molar-refractivity contribution in [3.63, 3.8) is 0 Å². The predicted molar refractivity (Wildman–Crippen MR) is 94.7 cm³/mol. The smallest absolute Gasteiger partial charge is 0.248 e. The van der Waals surface area contributed by atoms with Gasteiger partial charge in [-0.15, -0.1) is 0 Å². The number of hydrogen-bond acceptors (Lipinski definition) is 3. The van der Waals surface area contributed by atoms with Crippen LogP contribution in [0.15, 0.2) is 47.4 Å². The summed E-state index contributed by atoms with van der Waals surface area (Å²) >= 11 is 2.18. The van der Waals surface area contributed by atoms with Gasteiger partial charge in [-0.1, -0.05) is 19.1 Å². The average molecular weight is 429 g/mol. The predicted octanol–water partition coefficient (Wildman–Crippen LogP) is 2.77. The second-order valence-corrected chi connectivity index (χ2v) is 8.41. The second-order valence-electron chi connectivity index (χ2n) is 4.89. The molecule has 1 amide bonds. The summed E-state index contributed by atoms with van der Waals surface area (Å²) in [6, 6.07) is 12.2. The van der Waals surface area contributed by atoms with Crippen LogP contribution in [0.1, 0.15) is 28.4 Å². The lowest BCUT2D eigenvalue weighted by Gasteiger charge is -2.09. The summed E-state index contributed by atoms with van der Waals surface area (Å²) in [5, 5.41) is 0. The molecule has 4 nitrogen and oxygen atoms in total. The first-order valence-electron chi connectivity index (χ1n) is 6.73. The highest BCUT2D eigenvalue weighted by atomic mass is 127. The summed E-state index contributed by atoms with van der Waals surface area (Å²) in [4.78, 5) is 11.8. The van der Waals surface area contributed by atoms with Crippen LogP contribution in [-0.2, 0) is 16.3 Å². The van der Waals surface area contributed by atoms with Crippen molar-refractivity contribution in [2.75, 3.05) is 5.75 Å². The Bertz CT molecular complexity index is 799. The largest absolute Gasteiger partial charge is 0.366 e. The van der Waals surface area contributed by atoms with Gasteiger partial charge in [0.2, 0.25) is 5.91 Å². The molecule has 0 unspecified atom stereocenters. The van der Waals surface area contributed by atoms with Crippen LogP contribution >= 0.6 is 22.6 Å². The van der Waals surface area contributed by atoms with E-state index in [0.29, 0.717) is 16.9 Å². The number of primary amides is 1. The zero-order valence-corrected chi connectivity index (χ0v) is 15.0. The number of amides is 1. The van der Waals surface area contributed by atoms with E-state index in [1.54, 1.807) is 37.3 Å². The van der Waals surface area contributed by atoms with Crippen LogP contribution in [0.4, 0.5) is 0 Å². The molecule has 2 rings (SSSR count). The molecular weight excluding hydrogens is 413 g/mol. The van der Waals surface area contributed by atoms with Crippen LogP contribution in [-0.4, -0.2) is 20.1 Å². The van der Waals surface area contributed by atoms with E-state index in [-0.39, 0.29) is 5.75 Å². The fourth-order valence-electron chi connectivity index (χ4n) is 2.15. The molecule has 116 valence electrons. The third kappa shape index (κ3) is 3.86. The van der Waals surface area contributed by atoms with Crippen LogP contribution in [0.3, 0.4) is 0 Å². The Morgan fingerprint density at radius 3 is 2.32 bits per heavy atom. The van der Waals surface area contributed by atoms with Crippen molar-refractivity contribution < 1.29 is 13.2 Å². The molecule has 0 saturated carbocycles. The fraction of sp³-hybridized carbons (Fsp3) is 0.188. The summed E-state index contributed by atoms with van der Waals surface area (Å²) in [6.45, 7) is 1.62. The minimum absolute atomic E-state index is 0.0784. The molecule has 0 aliphatic rings. The first kappa shape index (κ1) is 17.0. The minimum Gasteiger partial charge on any atom is -0.366 e. The normalized spacial score (nSPS) is 11.4. The summed E-state index contributed by atoms with van der Waals surface area (Å²) in [5.74, 6) is -0.383. The lowest BCUT2D eigenvalue weighted by molar-refractivity contribution is 0.0999. The van der Waals surface area contributed by atoms with Gasteiger partial charge in [0.1, 0.15) is 0 Å². The van der Waals surface area contributed by atoms with Crippen molar-refractivity contribution in [2.24, 2.45) is 5.73 Å². The van der Waals surface area contributed by atoms with E-state index in [1.165, 1.54) is 0 Å². The van der Waals surface area contributed by atoms with E-state index in [2.05, 4.69) is 22.6 Å². The molecule has 2 N–H and O–H groups in total. The molecular formula is C16H16INO3S. The second kappa shape index (κ2) is 6.78. The third-order valence-corrected chi connectivity index (χ3v) is 5.81. The van der Waals surface area contributed by atoms with Gasteiger partial charge in [-0.05, 0) is 70.5 Å². The molecule has 22 heavy (non-hydrogen) atoms. The molecule has 2 aromatic carbocycles. The van der Waals surface area contributed by atoms with Gasteiger partial charge in [0.25, 0.3) is 0 Å². The van der Waals surface area contributed by atoms with Crippen molar-refractivity contribution in [1.82, 2.24) is 0 Å². The lowest BCUT2D eigenvalue weighted by Crippen LogP contribution is -2.14. The van der Waals surface area contributed by atoms with E-state index >= 15 is 0 Å². The highest BCUT2D eigenvalue weighted by molar-refractivity contribution is 14.1. The summed E-state index contributed by atoms with van der Waals surface area (Å²) in [5.41, 5.74) is 7.66. The first-order valence-corrected chi connectivity index (χ1v) is 9.46.